The van der Waals surface area contributed by atoms with Gasteiger partial charge in [0.25, 0.3) is 0 Å². The number of urea groups is 1. The van der Waals surface area contributed by atoms with Crippen molar-refractivity contribution in [3.05, 3.63) is 0 Å². The largest absolute Gasteiger partial charge is 0.481 e. The first-order valence-electron chi connectivity index (χ1n) is 8.46. The average molecular weight is 325 g/mol. The molecule has 3 amide bonds. The highest BCUT2D eigenvalue weighted by atomic mass is 16.4. The van der Waals surface area contributed by atoms with Crippen molar-refractivity contribution in [3.63, 3.8) is 0 Å². The number of aliphatic carboxylic acids is 1. The second kappa shape index (κ2) is 7.66. The third-order valence-corrected chi connectivity index (χ3v) is 4.88. The Morgan fingerprint density at radius 2 is 1.91 bits per heavy atom. The molecule has 1 atom stereocenters. The maximum absolute atomic E-state index is 12.0. The van der Waals surface area contributed by atoms with E-state index < -0.39 is 11.4 Å². The second-order valence-corrected chi connectivity index (χ2v) is 6.92. The van der Waals surface area contributed by atoms with Crippen molar-refractivity contribution >= 4 is 17.9 Å². The fourth-order valence-electron chi connectivity index (χ4n) is 3.25. The van der Waals surface area contributed by atoms with E-state index in [1.165, 1.54) is 24.2 Å². The SMILES string of the molecule is CC1(C(=O)O)CCN(C(=O)NCCC(=O)NC2CCCCC2)C1. The Hall–Kier alpha value is -1.79. The fraction of sp³-hybridized carbons (Fsp3) is 0.812. The van der Waals surface area contributed by atoms with E-state index in [9.17, 15) is 14.4 Å². The van der Waals surface area contributed by atoms with Gasteiger partial charge in [0.2, 0.25) is 5.91 Å². The number of nitrogens with one attached hydrogen (secondary N) is 2. The molecule has 2 fully saturated rings. The van der Waals surface area contributed by atoms with Crippen LogP contribution < -0.4 is 10.6 Å². The number of amides is 3. The molecular formula is C16H27N3O4. The summed E-state index contributed by atoms with van der Waals surface area (Å²) in [4.78, 5) is 36.5. The molecule has 0 aromatic heterocycles. The first-order valence-corrected chi connectivity index (χ1v) is 8.46. The predicted octanol–water partition coefficient (Wildman–Crippen LogP) is 1.33. The minimum absolute atomic E-state index is 0.0333. The predicted molar refractivity (Wildman–Crippen MR) is 85.0 cm³/mol. The van der Waals surface area contributed by atoms with Gasteiger partial charge in [-0.15, -0.1) is 0 Å². The van der Waals surface area contributed by atoms with Gasteiger partial charge in [0.1, 0.15) is 0 Å². The molecule has 1 saturated heterocycles. The number of carboxylic acid groups (broad SMARTS) is 1. The standard InChI is InChI=1S/C16H27N3O4/c1-16(14(21)22)8-10-19(11-16)15(23)17-9-7-13(20)18-12-5-3-2-4-6-12/h12H,2-11H2,1H3,(H,17,23)(H,18,20)(H,21,22). The van der Waals surface area contributed by atoms with Gasteiger partial charge in [-0.05, 0) is 26.2 Å². The lowest BCUT2D eigenvalue weighted by Crippen LogP contribution is -2.43. The van der Waals surface area contributed by atoms with Crippen LogP contribution in [0.15, 0.2) is 0 Å². The number of hydrogen-bond donors (Lipinski definition) is 3. The summed E-state index contributed by atoms with van der Waals surface area (Å²) in [6, 6.07) is -0.0118. The first-order chi connectivity index (χ1) is 10.9. The van der Waals surface area contributed by atoms with Gasteiger partial charge in [-0.2, -0.15) is 0 Å². The number of nitrogens with zero attached hydrogens (tertiary/aromatic N) is 1. The van der Waals surface area contributed by atoms with Crippen molar-refractivity contribution in [2.24, 2.45) is 5.41 Å². The molecule has 1 heterocycles. The van der Waals surface area contributed by atoms with Crippen molar-refractivity contribution in [2.75, 3.05) is 19.6 Å². The molecule has 2 aliphatic rings. The molecule has 130 valence electrons. The smallest absolute Gasteiger partial charge is 0.317 e. The highest BCUT2D eigenvalue weighted by Gasteiger charge is 2.42. The molecule has 23 heavy (non-hydrogen) atoms. The Kier molecular flexibility index (Phi) is 5.85. The van der Waals surface area contributed by atoms with E-state index in [4.69, 9.17) is 5.11 Å². The van der Waals surface area contributed by atoms with Crippen molar-refractivity contribution in [1.82, 2.24) is 15.5 Å². The Bertz CT molecular complexity index is 462. The summed E-state index contributed by atoms with van der Waals surface area (Å²) in [6.07, 6.45) is 6.37. The summed E-state index contributed by atoms with van der Waals surface area (Å²) < 4.78 is 0. The molecule has 1 saturated carbocycles. The number of carbonyl (C=O) groups is 3. The quantitative estimate of drug-likeness (QED) is 0.710. The summed E-state index contributed by atoms with van der Waals surface area (Å²) in [6.45, 7) is 2.57. The molecule has 7 nitrogen and oxygen atoms in total. The first kappa shape index (κ1) is 17.6. The molecule has 0 bridgehead atoms. The van der Waals surface area contributed by atoms with Crippen LogP contribution in [-0.2, 0) is 9.59 Å². The summed E-state index contributed by atoms with van der Waals surface area (Å²) in [7, 11) is 0. The lowest BCUT2D eigenvalue weighted by molar-refractivity contribution is -0.147. The summed E-state index contributed by atoms with van der Waals surface area (Å²) in [5.41, 5.74) is -0.865. The normalized spacial score (nSPS) is 25.2. The van der Waals surface area contributed by atoms with Crippen LogP contribution in [0.4, 0.5) is 4.79 Å². The lowest BCUT2D eigenvalue weighted by atomic mass is 9.90. The van der Waals surface area contributed by atoms with Crippen LogP contribution in [0.25, 0.3) is 0 Å². The van der Waals surface area contributed by atoms with Gasteiger partial charge in [-0.25, -0.2) is 4.79 Å². The third kappa shape index (κ3) is 4.84. The number of likely N-dealkylation sites (tertiary alicyclic amines) is 1. The van der Waals surface area contributed by atoms with Gasteiger partial charge in [0, 0.05) is 32.1 Å². The summed E-state index contributed by atoms with van der Waals surface area (Å²) in [5.74, 6) is -0.909. The molecule has 3 N–H and O–H groups in total. The summed E-state index contributed by atoms with van der Waals surface area (Å²) >= 11 is 0. The highest BCUT2D eigenvalue weighted by Crippen LogP contribution is 2.29. The number of rotatable bonds is 5. The van der Waals surface area contributed by atoms with Crippen molar-refractivity contribution < 1.29 is 19.5 Å². The maximum atomic E-state index is 12.0. The van der Waals surface area contributed by atoms with E-state index in [1.54, 1.807) is 6.92 Å². The number of hydrogen-bond acceptors (Lipinski definition) is 3. The molecular weight excluding hydrogens is 298 g/mol. The van der Waals surface area contributed by atoms with E-state index in [-0.39, 0.29) is 37.5 Å². The second-order valence-electron chi connectivity index (χ2n) is 6.92. The topological polar surface area (TPSA) is 98.7 Å². The van der Waals surface area contributed by atoms with Gasteiger partial charge in [0.05, 0.1) is 5.41 Å². The van der Waals surface area contributed by atoms with Crippen LogP contribution in [-0.4, -0.2) is 53.6 Å². The van der Waals surface area contributed by atoms with Gasteiger partial charge >= 0.3 is 12.0 Å². The Labute approximate surface area is 136 Å². The van der Waals surface area contributed by atoms with Crippen molar-refractivity contribution in [3.8, 4) is 0 Å². The Morgan fingerprint density at radius 1 is 1.22 bits per heavy atom. The van der Waals surface area contributed by atoms with Gasteiger partial charge < -0.3 is 20.6 Å². The maximum Gasteiger partial charge on any atom is 0.317 e. The Balaban J connectivity index is 1.65. The fourth-order valence-corrected chi connectivity index (χ4v) is 3.25. The van der Waals surface area contributed by atoms with Gasteiger partial charge in [-0.3, -0.25) is 9.59 Å². The highest BCUT2D eigenvalue weighted by molar-refractivity contribution is 5.80. The number of carbonyl (C=O) groups excluding carboxylic acids is 2. The summed E-state index contributed by atoms with van der Waals surface area (Å²) in [5, 5.41) is 14.9. The zero-order chi connectivity index (χ0) is 16.9. The van der Waals surface area contributed by atoms with E-state index in [1.807, 2.05) is 0 Å². The third-order valence-electron chi connectivity index (χ3n) is 4.88. The van der Waals surface area contributed by atoms with Crippen molar-refractivity contribution in [1.29, 1.82) is 0 Å². The molecule has 1 aliphatic carbocycles. The van der Waals surface area contributed by atoms with Gasteiger partial charge in [0.15, 0.2) is 0 Å². The van der Waals surface area contributed by atoms with E-state index >= 15 is 0 Å². The molecule has 0 aromatic rings. The number of carboxylic acids is 1. The van der Waals surface area contributed by atoms with Crippen LogP contribution in [0, 0.1) is 5.41 Å². The molecule has 0 aromatic carbocycles. The van der Waals surface area contributed by atoms with E-state index in [2.05, 4.69) is 10.6 Å². The van der Waals surface area contributed by atoms with Crippen LogP contribution in [0.5, 0.6) is 0 Å². The lowest BCUT2D eigenvalue weighted by Gasteiger charge is -2.23. The van der Waals surface area contributed by atoms with Crippen LogP contribution in [0.2, 0.25) is 0 Å². The van der Waals surface area contributed by atoms with E-state index in [0.717, 1.165) is 12.8 Å². The minimum atomic E-state index is -0.875. The molecule has 2 rings (SSSR count). The molecule has 0 radical (unpaired) electrons. The molecule has 1 aliphatic heterocycles. The zero-order valence-electron chi connectivity index (χ0n) is 13.8. The van der Waals surface area contributed by atoms with Crippen LogP contribution in [0.1, 0.15) is 51.9 Å². The molecule has 7 heteroatoms. The van der Waals surface area contributed by atoms with Crippen LogP contribution in [0.3, 0.4) is 0 Å². The van der Waals surface area contributed by atoms with Crippen LogP contribution >= 0.6 is 0 Å². The molecule has 0 spiro atoms. The minimum Gasteiger partial charge on any atom is -0.481 e. The van der Waals surface area contributed by atoms with E-state index in [0.29, 0.717) is 13.0 Å². The zero-order valence-corrected chi connectivity index (χ0v) is 13.8. The monoisotopic (exact) mass is 325 g/mol. The Morgan fingerprint density at radius 3 is 2.52 bits per heavy atom. The van der Waals surface area contributed by atoms with Crippen molar-refractivity contribution in [2.45, 2.75) is 57.9 Å². The molecule has 1 unspecified atom stereocenters. The average Bonchev–Trinajstić information content (AvgIpc) is 2.92. The van der Waals surface area contributed by atoms with Gasteiger partial charge in [-0.1, -0.05) is 19.3 Å².